The van der Waals surface area contributed by atoms with Crippen molar-refractivity contribution >= 4 is 11.6 Å². The van der Waals surface area contributed by atoms with Crippen LogP contribution in [0, 0.1) is 17.8 Å². The summed E-state index contributed by atoms with van der Waals surface area (Å²) in [6.07, 6.45) is 24.0. The van der Waals surface area contributed by atoms with Crippen molar-refractivity contribution in [2.45, 2.75) is 173 Å². The lowest BCUT2D eigenvalue weighted by atomic mass is 9.55. The first kappa shape index (κ1) is 48.5. The number of unbranched alkanes of at least 4 members (excludes halogenated alkanes) is 10. The Hall–Kier alpha value is -2.96. The van der Waals surface area contributed by atoms with E-state index in [4.69, 9.17) is 28.9 Å². The van der Waals surface area contributed by atoms with Gasteiger partial charge in [-0.05, 0) is 87.0 Å². The van der Waals surface area contributed by atoms with E-state index >= 15 is 0 Å². The number of aliphatic hydroxyl groups excluding tert-OH is 2. The van der Waals surface area contributed by atoms with Crippen molar-refractivity contribution in [1.82, 2.24) is 9.80 Å². The molecular formula is C51H81N3O8. The quantitative estimate of drug-likeness (QED) is 0.0337. The number of benzene rings is 1. The van der Waals surface area contributed by atoms with Crippen LogP contribution < -0.4 is 9.47 Å². The normalized spacial score (nSPS) is 27.2. The Balaban J connectivity index is 1.43. The Morgan fingerprint density at radius 3 is 2.42 bits per heavy atom. The molecule has 7 unspecified atom stereocenters. The number of carbonyl (C=O) groups is 1. The average Bonchev–Trinajstić information content (AvgIpc) is 4.12. The van der Waals surface area contributed by atoms with Crippen molar-refractivity contribution in [3.05, 3.63) is 48.1 Å². The fourth-order valence-electron chi connectivity index (χ4n) is 10.7. The molecule has 0 bridgehead atoms. The van der Waals surface area contributed by atoms with Crippen LogP contribution in [0.2, 0.25) is 0 Å². The molecule has 0 radical (unpaired) electrons. The largest absolute Gasteiger partial charge is 0.492 e. The maximum atomic E-state index is 14.8. The topological polar surface area (TPSA) is 122 Å². The van der Waals surface area contributed by atoms with Crippen molar-refractivity contribution in [3.63, 3.8) is 0 Å². The third-order valence-corrected chi connectivity index (χ3v) is 13.9. The van der Waals surface area contributed by atoms with Crippen molar-refractivity contribution in [3.8, 4) is 11.5 Å². The number of nitrogens with zero attached hydrogens (tertiary/aromatic N) is 3. The first-order chi connectivity index (χ1) is 30.5. The zero-order valence-corrected chi connectivity index (χ0v) is 38.5. The van der Waals surface area contributed by atoms with Crippen molar-refractivity contribution in [2.75, 3.05) is 59.2 Å². The second kappa shape index (κ2) is 25.5. The minimum Gasteiger partial charge on any atom is -0.492 e. The highest BCUT2D eigenvalue weighted by Crippen LogP contribution is 2.62. The fourth-order valence-corrected chi connectivity index (χ4v) is 10.7. The van der Waals surface area contributed by atoms with Crippen molar-refractivity contribution < 1.29 is 38.8 Å². The monoisotopic (exact) mass is 864 g/mol. The van der Waals surface area contributed by atoms with Gasteiger partial charge in [0.15, 0.2) is 0 Å². The molecule has 0 spiro atoms. The van der Waals surface area contributed by atoms with Crippen LogP contribution in [0.3, 0.4) is 0 Å². The molecule has 3 aliphatic heterocycles. The SMILES string of the molecule is C=CCOC12Oc3ccc(OCCN4CC4)cc3C3C(CCCCO)C(CCCCO)C=C(C(=NOC4CCCCO4)CC1N(CCC)C(=O)CCCCCCCCCCC)C32. The van der Waals surface area contributed by atoms with E-state index in [1.165, 1.54) is 38.5 Å². The maximum absolute atomic E-state index is 14.8. The lowest BCUT2D eigenvalue weighted by Gasteiger charge is -2.60. The van der Waals surface area contributed by atoms with Gasteiger partial charge in [-0.25, -0.2) is 0 Å². The zero-order chi connectivity index (χ0) is 43.6. The molecule has 348 valence electrons. The van der Waals surface area contributed by atoms with Gasteiger partial charge in [-0.2, -0.15) is 0 Å². The predicted octanol–water partition coefficient (Wildman–Crippen LogP) is 9.70. The number of ether oxygens (including phenoxy) is 4. The second-order valence-corrected chi connectivity index (χ2v) is 18.5. The first-order valence-corrected chi connectivity index (χ1v) is 25.0. The van der Waals surface area contributed by atoms with E-state index in [9.17, 15) is 15.0 Å². The van der Waals surface area contributed by atoms with Gasteiger partial charge < -0.3 is 38.9 Å². The molecule has 1 aromatic carbocycles. The molecule has 1 aromatic rings. The third-order valence-electron chi connectivity index (χ3n) is 13.9. The molecule has 62 heavy (non-hydrogen) atoms. The van der Waals surface area contributed by atoms with E-state index in [0.29, 0.717) is 32.6 Å². The molecule has 1 saturated carbocycles. The van der Waals surface area contributed by atoms with E-state index in [1.807, 2.05) is 6.07 Å². The number of hydrogen-bond acceptors (Lipinski definition) is 10. The molecule has 3 fully saturated rings. The second-order valence-electron chi connectivity index (χ2n) is 18.5. The Kier molecular flexibility index (Phi) is 20.0. The van der Waals surface area contributed by atoms with Gasteiger partial charge in [0.1, 0.15) is 24.1 Å². The van der Waals surface area contributed by atoms with Gasteiger partial charge in [-0.3, -0.25) is 9.69 Å². The van der Waals surface area contributed by atoms with Crippen LogP contribution in [0.4, 0.5) is 0 Å². The van der Waals surface area contributed by atoms with Crippen LogP contribution in [0.15, 0.2) is 47.7 Å². The van der Waals surface area contributed by atoms with Crippen LogP contribution in [0.5, 0.6) is 11.5 Å². The lowest BCUT2D eigenvalue weighted by Crippen LogP contribution is -2.70. The molecule has 5 aliphatic rings. The minimum absolute atomic E-state index is 0.0769. The summed E-state index contributed by atoms with van der Waals surface area (Å²) in [6, 6.07) is 5.77. The summed E-state index contributed by atoms with van der Waals surface area (Å²) in [5, 5.41) is 24.9. The van der Waals surface area contributed by atoms with Gasteiger partial charge in [0.25, 0.3) is 0 Å². The van der Waals surface area contributed by atoms with Gasteiger partial charge in [0.2, 0.25) is 18.0 Å². The molecule has 11 heteroatoms. The van der Waals surface area contributed by atoms with E-state index in [1.54, 1.807) is 6.08 Å². The van der Waals surface area contributed by atoms with Crippen molar-refractivity contribution in [2.24, 2.45) is 22.9 Å². The number of aliphatic hydroxyl groups is 2. The summed E-state index contributed by atoms with van der Waals surface area (Å²) >= 11 is 0. The molecule has 2 aliphatic carbocycles. The smallest absolute Gasteiger partial charge is 0.239 e. The summed E-state index contributed by atoms with van der Waals surface area (Å²) in [6.45, 7) is 14.0. The van der Waals surface area contributed by atoms with Crippen LogP contribution in [0.1, 0.15) is 160 Å². The Labute approximate surface area is 373 Å². The highest BCUT2D eigenvalue weighted by molar-refractivity contribution is 6.03. The molecule has 2 saturated heterocycles. The summed E-state index contributed by atoms with van der Waals surface area (Å²) in [5.41, 5.74) is 2.97. The van der Waals surface area contributed by atoms with Gasteiger partial charge in [0.05, 0.1) is 24.8 Å². The fraction of sp³-hybridized carbons (Fsp3) is 0.765. The summed E-state index contributed by atoms with van der Waals surface area (Å²) in [5.74, 6) is 0.387. The van der Waals surface area contributed by atoms with Gasteiger partial charge in [0, 0.05) is 70.1 Å². The molecule has 6 rings (SSSR count). The zero-order valence-electron chi connectivity index (χ0n) is 38.5. The van der Waals surface area contributed by atoms with Gasteiger partial charge >= 0.3 is 0 Å². The van der Waals surface area contributed by atoms with Crippen LogP contribution in [0.25, 0.3) is 0 Å². The van der Waals surface area contributed by atoms with E-state index in [0.717, 1.165) is 131 Å². The van der Waals surface area contributed by atoms with Crippen molar-refractivity contribution in [1.29, 1.82) is 0 Å². The number of oxime groups is 1. The average molecular weight is 864 g/mol. The highest BCUT2D eigenvalue weighted by Gasteiger charge is 2.65. The molecule has 11 nitrogen and oxygen atoms in total. The van der Waals surface area contributed by atoms with Gasteiger partial charge in [-0.1, -0.05) is 95.4 Å². The lowest BCUT2D eigenvalue weighted by molar-refractivity contribution is -0.257. The number of allylic oxidation sites excluding steroid dienone is 1. The molecule has 7 atom stereocenters. The van der Waals surface area contributed by atoms with E-state index < -0.39 is 18.1 Å². The number of carbonyl (C=O) groups excluding carboxylic acids is 1. The standard InChI is InChI=1S/C51H81N3O8/c1-4-7-8-9-10-11-12-13-14-23-47(57)54(27-5-2)46-38-44(52-62-48-24-17-20-34-59-48)42-36-39(21-15-18-31-55)41(22-16-19-32-56)49-43-37-40(58-35-30-53-28-29-53)25-26-45(43)61-51(46,50(42)49)60-33-6-3/h6,25-26,36-37,39,41,46,48-50,55-56H,3-5,7-24,27-35,38H2,1-2H3. The number of hydrogen-bond donors (Lipinski definition) is 2. The van der Waals surface area contributed by atoms with Crippen LogP contribution >= 0.6 is 0 Å². The third kappa shape index (κ3) is 12.9. The van der Waals surface area contributed by atoms with E-state index in [2.05, 4.69) is 48.4 Å². The Bertz CT molecular complexity index is 1580. The number of rotatable bonds is 30. The molecule has 3 heterocycles. The number of amides is 1. The summed E-state index contributed by atoms with van der Waals surface area (Å²) < 4.78 is 27.1. The number of fused-ring (bicyclic) bond motifs is 2. The molecular weight excluding hydrogens is 783 g/mol. The molecule has 2 N–H and O–H groups in total. The Morgan fingerprint density at radius 1 is 0.968 bits per heavy atom. The van der Waals surface area contributed by atoms with E-state index in [-0.39, 0.29) is 49.4 Å². The summed E-state index contributed by atoms with van der Waals surface area (Å²) in [4.78, 5) is 25.5. The van der Waals surface area contributed by atoms with Gasteiger partial charge in [-0.15, -0.1) is 6.58 Å². The van der Waals surface area contributed by atoms with Crippen LogP contribution in [-0.4, -0.2) is 109 Å². The van der Waals surface area contributed by atoms with Crippen LogP contribution in [-0.2, 0) is 19.1 Å². The highest BCUT2D eigenvalue weighted by atomic mass is 16.8. The first-order valence-electron chi connectivity index (χ1n) is 25.0. The minimum atomic E-state index is -1.24. The summed E-state index contributed by atoms with van der Waals surface area (Å²) in [7, 11) is 0. The Morgan fingerprint density at radius 2 is 1.73 bits per heavy atom. The maximum Gasteiger partial charge on any atom is 0.239 e. The molecule has 0 aromatic heterocycles. The molecule has 1 amide bonds. The predicted molar refractivity (Wildman–Crippen MR) is 245 cm³/mol.